The van der Waals surface area contributed by atoms with E-state index in [1.165, 1.54) is 24.3 Å². The van der Waals surface area contributed by atoms with E-state index in [0.717, 1.165) is 23.1 Å². The summed E-state index contributed by atoms with van der Waals surface area (Å²) in [5.41, 5.74) is 2.02. The van der Waals surface area contributed by atoms with Crippen LogP contribution in [0.4, 0.5) is 14.6 Å². The molecule has 2 heterocycles. The zero-order valence-corrected chi connectivity index (χ0v) is 20.1. The largest absolute Gasteiger partial charge is 0.435 e. The monoisotopic (exact) mass is 499 g/mol. The van der Waals surface area contributed by atoms with Gasteiger partial charge in [0, 0.05) is 17.0 Å². The molecule has 1 N–H and O–H groups in total. The third kappa shape index (κ3) is 6.24. The minimum atomic E-state index is -2.90. The van der Waals surface area contributed by atoms with Gasteiger partial charge in [-0.2, -0.15) is 13.9 Å². The smallest absolute Gasteiger partial charge is 0.387 e. The fourth-order valence-corrected chi connectivity index (χ4v) is 3.64. The molecule has 1 amide bonds. The first-order chi connectivity index (χ1) is 16.7. The highest BCUT2D eigenvalue weighted by Gasteiger charge is 2.22. The average molecular weight is 500 g/mol. The number of ether oxygens (including phenoxy) is 1. The van der Waals surface area contributed by atoms with Crippen molar-refractivity contribution in [2.75, 3.05) is 11.1 Å². The molecular weight excluding hydrogens is 476 g/mol. The number of aromatic nitrogens is 4. The van der Waals surface area contributed by atoms with E-state index in [1.54, 1.807) is 4.68 Å². The number of thioether (sulfide) groups is 1. The van der Waals surface area contributed by atoms with Crippen LogP contribution in [0.25, 0.3) is 17.1 Å². The maximum atomic E-state index is 12.7. The Morgan fingerprint density at radius 3 is 2.49 bits per heavy atom. The summed E-state index contributed by atoms with van der Waals surface area (Å²) in [6, 6.07) is 17.2. The van der Waals surface area contributed by atoms with E-state index >= 15 is 0 Å². The molecule has 0 spiro atoms. The van der Waals surface area contributed by atoms with Crippen LogP contribution in [0.1, 0.15) is 26.5 Å². The molecule has 4 aromatic rings. The maximum absolute atomic E-state index is 12.7. The molecule has 0 aliphatic rings. The summed E-state index contributed by atoms with van der Waals surface area (Å²) in [5, 5.41) is 15.7. The molecule has 2 aromatic carbocycles. The quantitative estimate of drug-likeness (QED) is 0.318. The number of hydrogen-bond donors (Lipinski definition) is 1. The zero-order chi connectivity index (χ0) is 25.0. The lowest BCUT2D eigenvalue weighted by atomic mass is 9.92. The Hall–Kier alpha value is -3.73. The molecule has 2 aromatic heterocycles. The highest BCUT2D eigenvalue weighted by molar-refractivity contribution is 7.99. The lowest BCUT2D eigenvalue weighted by molar-refractivity contribution is -0.113. The van der Waals surface area contributed by atoms with Crippen LogP contribution in [0.5, 0.6) is 5.75 Å². The standard InChI is InChI=1S/C24H23F2N5O3S/c1-24(2,3)18-13-19(31(30-18)16-7-5-4-6-8-16)27-20(32)14-35-23-29-28-21(34-23)15-9-11-17(12-10-15)33-22(25)26/h4-13,22H,14H2,1-3H3,(H,27,32). The van der Waals surface area contributed by atoms with Crippen LogP contribution in [0, 0.1) is 0 Å². The van der Waals surface area contributed by atoms with Gasteiger partial charge in [-0.05, 0) is 36.4 Å². The van der Waals surface area contributed by atoms with E-state index in [4.69, 9.17) is 4.42 Å². The molecule has 0 aliphatic carbocycles. The van der Waals surface area contributed by atoms with Gasteiger partial charge in [0.05, 0.1) is 17.1 Å². The first kappa shape index (κ1) is 24.4. The van der Waals surface area contributed by atoms with Gasteiger partial charge >= 0.3 is 6.61 Å². The van der Waals surface area contributed by atoms with Crippen molar-refractivity contribution in [2.24, 2.45) is 0 Å². The van der Waals surface area contributed by atoms with Crippen molar-refractivity contribution in [2.45, 2.75) is 38.0 Å². The molecule has 11 heteroatoms. The summed E-state index contributed by atoms with van der Waals surface area (Å²) < 4.78 is 36.2. The van der Waals surface area contributed by atoms with Crippen LogP contribution in [0.2, 0.25) is 0 Å². The number of carbonyl (C=O) groups excluding carboxylic acids is 1. The molecule has 182 valence electrons. The number of para-hydroxylation sites is 1. The lowest BCUT2D eigenvalue weighted by Gasteiger charge is -2.14. The van der Waals surface area contributed by atoms with Crippen molar-refractivity contribution >= 4 is 23.5 Å². The molecule has 8 nitrogen and oxygen atoms in total. The first-order valence-electron chi connectivity index (χ1n) is 10.7. The molecule has 0 aliphatic heterocycles. The molecule has 35 heavy (non-hydrogen) atoms. The number of alkyl halides is 2. The number of rotatable bonds is 8. The van der Waals surface area contributed by atoms with Crippen molar-refractivity contribution in [3.05, 3.63) is 66.4 Å². The summed E-state index contributed by atoms with van der Waals surface area (Å²) in [6.45, 7) is 3.26. The Bertz CT molecular complexity index is 1280. The van der Waals surface area contributed by atoms with Gasteiger partial charge in [-0.15, -0.1) is 10.2 Å². The Balaban J connectivity index is 1.41. The van der Waals surface area contributed by atoms with E-state index in [2.05, 4.69) is 46.1 Å². The van der Waals surface area contributed by atoms with Gasteiger partial charge in [0.1, 0.15) is 11.6 Å². The summed E-state index contributed by atoms with van der Waals surface area (Å²) in [4.78, 5) is 12.7. The van der Waals surface area contributed by atoms with Crippen molar-refractivity contribution < 1.29 is 22.7 Å². The van der Waals surface area contributed by atoms with Crippen LogP contribution in [-0.4, -0.2) is 38.2 Å². The lowest BCUT2D eigenvalue weighted by Crippen LogP contribution is -2.17. The predicted molar refractivity (Wildman–Crippen MR) is 128 cm³/mol. The second kappa shape index (κ2) is 10.3. The molecule has 0 unspecified atom stereocenters. The van der Waals surface area contributed by atoms with Gasteiger partial charge in [-0.25, -0.2) is 4.68 Å². The zero-order valence-electron chi connectivity index (χ0n) is 19.2. The second-order valence-corrected chi connectivity index (χ2v) is 9.45. The predicted octanol–water partition coefficient (Wildman–Crippen LogP) is 5.55. The highest BCUT2D eigenvalue weighted by Crippen LogP contribution is 2.28. The number of nitrogens with one attached hydrogen (secondary N) is 1. The number of nitrogens with zero attached hydrogens (tertiary/aromatic N) is 4. The van der Waals surface area contributed by atoms with E-state index in [1.807, 2.05) is 36.4 Å². The number of benzene rings is 2. The van der Waals surface area contributed by atoms with Crippen molar-refractivity contribution in [1.29, 1.82) is 0 Å². The summed E-state index contributed by atoms with van der Waals surface area (Å²) in [5.74, 6) is 0.561. The van der Waals surface area contributed by atoms with Gasteiger partial charge in [-0.1, -0.05) is 50.7 Å². The van der Waals surface area contributed by atoms with Crippen LogP contribution >= 0.6 is 11.8 Å². The van der Waals surface area contributed by atoms with Crippen LogP contribution in [0.3, 0.4) is 0 Å². The Labute approximate surface area is 204 Å². The number of hydrogen-bond acceptors (Lipinski definition) is 7. The fraction of sp³-hybridized carbons (Fsp3) is 0.250. The Kier molecular flexibility index (Phi) is 7.15. The molecule has 0 saturated carbocycles. The fourth-order valence-electron chi connectivity index (χ4n) is 3.07. The third-order valence-corrected chi connectivity index (χ3v) is 5.62. The average Bonchev–Trinajstić information content (AvgIpc) is 3.46. The molecule has 0 radical (unpaired) electrons. The minimum absolute atomic E-state index is 0.0268. The number of anilines is 1. The van der Waals surface area contributed by atoms with Gasteiger partial charge in [0.2, 0.25) is 11.8 Å². The molecular formula is C24H23F2N5O3S. The normalized spacial score (nSPS) is 11.6. The number of halogens is 2. The van der Waals surface area contributed by atoms with E-state index in [-0.39, 0.29) is 33.9 Å². The SMILES string of the molecule is CC(C)(C)c1cc(NC(=O)CSc2nnc(-c3ccc(OC(F)F)cc3)o2)n(-c2ccccc2)n1. The van der Waals surface area contributed by atoms with E-state index in [9.17, 15) is 13.6 Å². The van der Waals surface area contributed by atoms with Crippen LogP contribution in [0.15, 0.2) is 70.3 Å². The van der Waals surface area contributed by atoms with Crippen molar-refractivity contribution in [1.82, 2.24) is 20.0 Å². The molecule has 0 bridgehead atoms. The summed E-state index contributed by atoms with van der Waals surface area (Å²) in [7, 11) is 0. The minimum Gasteiger partial charge on any atom is -0.435 e. The van der Waals surface area contributed by atoms with Gasteiger partial charge in [0.15, 0.2) is 0 Å². The summed E-state index contributed by atoms with van der Waals surface area (Å²) in [6.07, 6.45) is 0. The maximum Gasteiger partial charge on any atom is 0.387 e. The van der Waals surface area contributed by atoms with Gasteiger partial charge in [-0.3, -0.25) is 4.79 Å². The molecule has 0 saturated heterocycles. The first-order valence-corrected chi connectivity index (χ1v) is 11.6. The topological polar surface area (TPSA) is 95.1 Å². The summed E-state index contributed by atoms with van der Waals surface area (Å²) >= 11 is 1.08. The van der Waals surface area contributed by atoms with Crippen LogP contribution < -0.4 is 10.1 Å². The second-order valence-electron chi connectivity index (χ2n) is 8.53. The van der Waals surface area contributed by atoms with E-state index < -0.39 is 6.61 Å². The molecule has 4 rings (SSSR count). The van der Waals surface area contributed by atoms with Gasteiger partial charge in [0.25, 0.3) is 5.22 Å². The molecule has 0 atom stereocenters. The van der Waals surface area contributed by atoms with Crippen molar-refractivity contribution in [3.8, 4) is 22.9 Å². The van der Waals surface area contributed by atoms with Crippen LogP contribution in [-0.2, 0) is 10.2 Å². The number of carbonyl (C=O) groups is 1. The van der Waals surface area contributed by atoms with E-state index in [0.29, 0.717) is 11.4 Å². The van der Waals surface area contributed by atoms with Crippen molar-refractivity contribution in [3.63, 3.8) is 0 Å². The molecule has 0 fully saturated rings. The Morgan fingerprint density at radius 2 is 1.83 bits per heavy atom. The third-order valence-electron chi connectivity index (χ3n) is 4.81. The Morgan fingerprint density at radius 1 is 1.11 bits per heavy atom. The highest BCUT2D eigenvalue weighted by atomic mass is 32.2. The number of amides is 1. The van der Waals surface area contributed by atoms with Gasteiger partial charge < -0.3 is 14.5 Å².